The molecule has 2 aromatic rings. The van der Waals surface area contributed by atoms with E-state index in [4.69, 9.17) is 4.74 Å². The van der Waals surface area contributed by atoms with Crippen LogP contribution in [0.3, 0.4) is 0 Å². The van der Waals surface area contributed by atoms with E-state index in [1.807, 2.05) is 12.1 Å². The van der Waals surface area contributed by atoms with Crippen LogP contribution in [0.15, 0.2) is 53.0 Å². The number of methoxy groups -OCH3 is 1. The smallest absolute Gasteiger partial charge is 0.122 e. The van der Waals surface area contributed by atoms with Crippen LogP contribution in [0.25, 0.3) is 0 Å². The Morgan fingerprint density at radius 1 is 1.22 bits per heavy atom. The van der Waals surface area contributed by atoms with E-state index < -0.39 is 0 Å². The predicted molar refractivity (Wildman–Crippen MR) is 97.9 cm³/mol. The Bertz CT molecular complexity index is 633. The highest BCUT2D eigenvalue weighted by atomic mass is 79.9. The van der Waals surface area contributed by atoms with Gasteiger partial charge in [-0.15, -0.1) is 0 Å². The summed E-state index contributed by atoms with van der Waals surface area (Å²) in [5.41, 5.74) is 2.63. The highest BCUT2D eigenvalue weighted by Crippen LogP contribution is 2.24. The summed E-state index contributed by atoms with van der Waals surface area (Å²) in [7, 11) is 1.74. The number of benzene rings is 2. The lowest BCUT2D eigenvalue weighted by atomic mass is 10.0. The molecule has 0 bridgehead atoms. The van der Waals surface area contributed by atoms with Gasteiger partial charge in [0.05, 0.1) is 7.11 Å². The van der Waals surface area contributed by atoms with Crippen molar-refractivity contribution in [2.45, 2.75) is 19.0 Å². The van der Waals surface area contributed by atoms with Gasteiger partial charge in [0.1, 0.15) is 5.75 Å². The average molecular weight is 375 g/mol. The fourth-order valence-electron chi connectivity index (χ4n) is 3.19. The molecule has 23 heavy (non-hydrogen) atoms. The summed E-state index contributed by atoms with van der Waals surface area (Å²) in [5.74, 6) is 0.968. The summed E-state index contributed by atoms with van der Waals surface area (Å²) >= 11 is 3.56. The third kappa shape index (κ3) is 4.56. The maximum atomic E-state index is 5.50. The highest BCUT2D eigenvalue weighted by Gasteiger charge is 2.21. The molecule has 0 saturated carbocycles. The predicted octanol–water partition coefficient (Wildman–Crippen LogP) is 3.47. The monoisotopic (exact) mass is 374 g/mol. The van der Waals surface area contributed by atoms with Crippen LogP contribution in [0.2, 0.25) is 0 Å². The molecule has 1 unspecified atom stereocenters. The maximum Gasteiger partial charge on any atom is 0.122 e. The van der Waals surface area contributed by atoms with Gasteiger partial charge in [0, 0.05) is 36.7 Å². The molecule has 0 amide bonds. The normalized spacial score (nSPS) is 18.8. The minimum atomic E-state index is 0.454. The van der Waals surface area contributed by atoms with Crippen molar-refractivity contribution in [2.75, 3.05) is 26.7 Å². The van der Waals surface area contributed by atoms with Crippen LogP contribution in [-0.4, -0.2) is 37.7 Å². The van der Waals surface area contributed by atoms with Gasteiger partial charge in [0.25, 0.3) is 0 Å². The van der Waals surface area contributed by atoms with E-state index in [1.54, 1.807) is 7.11 Å². The summed E-state index contributed by atoms with van der Waals surface area (Å²) in [6.07, 6.45) is 0.980. The maximum absolute atomic E-state index is 5.50. The molecule has 1 heterocycles. The summed E-state index contributed by atoms with van der Waals surface area (Å²) < 4.78 is 6.60. The molecule has 0 spiro atoms. The zero-order valence-electron chi connectivity index (χ0n) is 13.5. The number of rotatable bonds is 5. The molecule has 1 aliphatic heterocycles. The summed E-state index contributed by atoms with van der Waals surface area (Å²) in [6.45, 7) is 4.22. The Morgan fingerprint density at radius 3 is 2.83 bits per heavy atom. The first kappa shape index (κ1) is 16.5. The second-order valence-electron chi connectivity index (χ2n) is 6.03. The molecular formula is C19H23BrN2O. The molecule has 1 N–H and O–H groups in total. The first-order chi connectivity index (χ1) is 11.2. The van der Waals surface area contributed by atoms with E-state index in [2.05, 4.69) is 62.5 Å². The van der Waals surface area contributed by atoms with Crippen molar-refractivity contribution >= 4 is 15.9 Å². The number of ether oxygens (including phenoxy) is 1. The second kappa shape index (κ2) is 7.95. The second-order valence-corrected chi connectivity index (χ2v) is 6.95. The Labute approximate surface area is 146 Å². The number of halogens is 1. The van der Waals surface area contributed by atoms with E-state index in [1.165, 1.54) is 11.1 Å². The molecule has 0 aliphatic carbocycles. The van der Waals surface area contributed by atoms with E-state index in [0.29, 0.717) is 6.04 Å². The highest BCUT2D eigenvalue weighted by molar-refractivity contribution is 9.10. The molecule has 1 aliphatic rings. The summed E-state index contributed by atoms with van der Waals surface area (Å²) in [5, 5.41) is 3.64. The van der Waals surface area contributed by atoms with Crippen molar-refractivity contribution in [3.8, 4) is 5.75 Å². The molecule has 1 atom stereocenters. The Morgan fingerprint density at radius 2 is 2.04 bits per heavy atom. The van der Waals surface area contributed by atoms with Crippen LogP contribution < -0.4 is 10.1 Å². The van der Waals surface area contributed by atoms with Crippen molar-refractivity contribution in [1.82, 2.24) is 10.2 Å². The molecule has 1 saturated heterocycles. The average Bonchev–Trinajstić information content (AvgIpc) is 2.56. The third-order valence-electron chi connectivity index (χ3n) is 4.30. The van der Waals surface area contributed by atoms with Gasteiger partial charge in [-0.3, -0.25) is 4.90 Å². The fraction of sp³-hybridized carbons (Fsp3) is 0.368. The minimum absolute atomic E-state index is 0.454. The van der Waals surface area contributed by atoms with E-state index in [0.717, 1.165) is 42.8 Å². The number of hydrogen-bond donors (Lipinski definition) is 1. The van der Waals surface area contributed by atoms with Crippen LogP contribution in [0.4, 0.5) is 0 Å². The van der Waals surface area contributed by atoms with Gasteiger partial charge in [0.2, 0.25) is 0 Å². The van der Waals surface area contributed by atoms with Gasteiger partial charge in [-0.05, 0) is 35.7 Å². The van der Waals surface area contributed by atoms with Crippen molar-refractivity contribution in [2.24, 2.45) is 0 Å². The quantitative estimate of drug-likeness (QED) is 0.866. The molecule has 0 radical (unpaired) electrons. The Balaban J connectivity index is 1.64. The lowest BCUT2D eigenvalue weighted by molar-refractivity contribution is 0.191. The molecule has 1 fully saturated rings. The summed E-state index contributed by atoms with van der Waals surface area (Å²) in [4.78, 5) is 2.53. The van der Waals surface area contributed by atoms with E-state index in [-0.39, 0.29) is 0 Å². The zero-order valence-corrected chi connectivity index (χ0v) is 15.1. The van der Waals surface area contributed by atoms with Crippen LogP contribution in [-0.2, 0) is 13.0 Å². The van der Waals surface area contributed by atoms with E-state index >= 15 is 0 Å². The molecule has 3 rings (SSSR count). The number of piperazine rings is 1. The van der Waals surface area contributed by atoms with Crippen LogP contribution in [0.1, 0.15) is 11.1 Å². The van der Waals surface area contributed by atoms with Gasteiger partial charge in [0.15, 0.2) is 0 Å². The summed E-state index contributed by atoms with van der Waals surface area (Å²) in [6, 6.07) is 17.4. The van der Waals surface area contributed by atoms with Crippen molar-refractivity contribution < 1.29 is 4.74 Å². The van der Waals surface area contributed by atoms with Gasteiger partial charge < -0.3 is 10.1 Å². The van der Waals surface area contributed by atoms with Gasteiger partial charge >= 0.3 is 0 Å². The molecule has 2 aromatic carbocycles. The van der Waals surface area contributed by atoms with Crippen molar-refractivity contribution in [3.63, 3.8) is 0 Å². The van der Waals surface area contributed by atoms with E-state index in [9.17, 15) is 0 Å². The van der Waals surface area contributed by atoms with Gasteiger partial charge in [-0.2, -0.15) is 0 Å². The molecule has 122 valence electrons. The topological polar surface area (TPSA) is 24.5 Å². The molecule has 4 heteroatoms. The first-order valence-corrected chi connectivity index (χ1v) is 8.86. The third-order valence-corrected chi connectivity index (χ3v) is 4.79. The molecule has 3 nitrogen and oxygen atoms in total. The minimum Gasteiger partial charge on any atom is -0.496 e. The SMILES string of the molecule is COc1ccc(Br)cc1CC1CN(Cc2ccccc2)CCN1. The van der Waals surface area contributed by atoms with Crippen LogP contribution in [0.5, 0.6) is 5.75 Å². The lowest BCUT2D eigenvalue weighted by Gasteiger charge is -2.34. The van der Waals surface area contributed by atoms with Crippen LogP contribution in [0, 0.1) is 0 Å². The number of hydrogen-bond acceptors (Lipinski definition) is 3. The number of nitrogens with zero attached hydrogens (tertiary/aromatic N) is 1. The van der Waals surface area contributed by atoms with Crippen molar-refractivity contribution in [3.05, 3.63) is 64.1 Å². The zero-order chi connectivity index (χ0) is 16.1. The van der Waals surface area contributed by atoms with Gasteiger partial charge in [-0.25, -0.2) is 0 Å². The number of nitrogens with one attached hydrogen (secondary N) is 1. The van der Waals surface area contributed by atoms with Gasteiger partial charge in [-0.1, -0.05) is 46.3 Å². The lowest BCUT2D eigenvalue weighted by Crippen LogP contribution is -2.51. The van der Waals surface area contributed by atoms with Crippen LogP contribution >= 0.6 is 15.9 Å². The Hall–Kier alpha value is -1.36. The molecular weight excluding hydrogens is 352 g/mol. The van der Waals surface area contributed by atoms with Crippen molar-refractivity contribution in [1.29, 1.82) is 0 Å². The fourth-order valence-corrected chi connectivity index (χ4v) is 3.60. The standard InChI is InChI=1S/C19H23BrN2O/c1-23-19-8-7-17(20)11-16(19)12-18-14-22(10-9-21-18)13-15-5-3-2-4-6-15/h2-8,11,18,21H,9-10,12-14H2,1H3. The molecule has 0 aromatic heterocycles. The largest absolute Gasteiger partial charge is 0.496 e. The Kier molecular flexibility index (Phi) is 5.70. The first-order valence-electron chi connectivity index (χ1n) is 8.06.